The van der Waals surface area contributed by atoms with Crippen LogP contribution in [0.15, 0.2) is 0 Å². The zero-order valence-corrected chi connectivity index (χ0v) is 10.5. The Labute approximate surface area is 93.2 Å². The molecule has 0 fully saturated rings. The van der Waals surface area contributed by atoms with E-state index in [-0.39, 0.29) is 5.91 Å². The molecule has 3 N–H and O–H groups in total. The number of nitrogens with one attached hydrogen (secondary N) is 1. The fourth-order valence-corrected chi connectivity index (χ4v) is 1.26. The van der Waals surface area contributed by atoms with Gasteiger partial charge in [-0.2, -0.15) is 0 Å². The Bertz CT molecular complexity index is 185. The highest BCUT2D eigenvalue weighted by Gasteiger charge is 2.15. The number of hydrogen-bond acceptors (Lipinski definition) is 3. The molecule has 1 amide bonds. The maximum Gasteiger partial charge on any atom is 0.221 e. The molecule has 0 unspecified atom stereocenters. The van der Waals surface area contributed by atoms with Gasteiger partial charge in [-0.3, -0.25) is 4.79 Å². The number of nitrogens with zero attached hydrogens (tertiary/aromatic N) is 1. The van der Waals surface area contributed by atoms with Crippen molar-refractivity contribution in [3.8, 4) is 0 Å². The smallest absolute Gasteiger partial charge is 0.221 e. The van der Waals surface area contributed by atoms with Gasteiger partial charge in [-0.25, -0.2) is 0 Å². The van der Waals surface area contributed by atoms with E-state index < -0.39 is 5.54 Å². The number of carbonyl (C=O) groups is 1. The van der Waals surface area contributed by atoms with Crippen molar-refractivity contribution in [1.29, 1.82) is 0 Å². The van der Waals surface area contributed by atoms with Crippen LogP contribution < -0.4 is 11.1 Å². The highest BCUT2D eigenvalue weighted by molar-refractivity contribution is 5.76. The average Bonchev–Trinajstić information content (AvgIpc) is 1.99. The van der Waals surface area contributed by atoms with Gasteiger partial charge >= 0.3 is 0 Å². The summed E-state index contributed by atoms with van der Waals surface area (Å²) in [6.07, 6.45) is 2.52. The quantitative estimate of drug-likeness (QED) is 0.611. The van der Waals surface area contributed by atoms with Gasteiger partial charge in [0.2, 0.25) is 5.91 Å². The van der Waals surface area contributed by atoms with E-state index in [1.165, 1.54) is 0 Å². The summed E-state index contributed by atoms with van der Waals surface area (Å²) >= 11 is 0. The van der Waals surface area contributed by atoms with Crippen LogP contribution in [0.5, 0.6) is 0 Å². The van der Waals surface area contributed by atoms with E-state index in [0.29, 0.717) is 6.42 Å². The van der Waals surface area contributed by atoms with Crippen molar-refractivity contribution in [3.63, 3.8) is 0 Å². The van der Waals surface area contributed by atoms with Crippen LogP contribution in [-0.2, 0) is 4.79 Å². The summed E-state index contributed by atoms with van der Waals surface area (Å²) in [5, 5.41) is 2.88. The summed E-state index contributed by atoms with van der Waals surface area (Å²) in [7, 11) is 4.10. The SMILES string of the molecule is CN(C)CCCCNC(=O)CC(C)(C)N. The summed E-state index contributed by atoms with van der Waals surface area (Å²) in [6, 6.07) is 0. The van der Waals surface area contributed by atoms with Gasteiger partial charge in [0, 0.05) is 18.5 Å². The summed E-state index contributed by atoms with van der Waals surface area (Å²) in [4.78, 5) is 13.5. The summed E-state index contributed by atoms with van der Waals surface area (Å²) in [5.41, 5.74) is 5.33. The van der Waals surface area contributed by atoms with Crippen LogP contribution in [0.25, 0.3) is 0 Å². The van der Waals surface area contributed by atoms with Crippen molar-refractivity contribution in [2.45, 2.75) is 38.6 Å². The highest BCUT2D eigenvalue weighted by Crippen LogP contribution is 2.02. The van der Waals surface area contributed by atoms with Gasteiger partial charge in [0.1, 0.15) is 0 Å². The van der Waals surface area contributed by atoms with Crippen LogP contribution in [0.1, 0.15) is 33.1 Å². The zero-order valence-electron chi connectivity index (χ0n) is 10.5. The number of amides is 1. The van der Waals surface area contributed by atoms with Gasteiger partial charge in [-0.15, -0.1) is 0 Å². The van der Waals surface area contributed by atoms with Crippen molar-refractivity contribution in [3.05, 3.63) is 0 Å². The minimum absolute atomic E-state index is 0.0485. The third-order valence-electron chi connectivity index (χ3n) is 1.97. The second-order valence-electron chi connectivity index (χ2n) is 5.03. The third-order valence-corrected chi connectivity index (χ3v) is 1.97. The van der Waals surface area contributed by atoms with E-state index in [1.807, 2.05) is 13.8 Å². The molecule has 15 heavy (non-hydrogen) atoms. The lowest BCUT2D eigenvalue weighted by Gasteiger charge is -2.17. The topological polar surface area (TPSA) is 58.4 Å². The number of rotatable bonds is 7. The average molecular weight is 215 g/mol. The van der Waals surface area contributed by atoms with E-state index in [4.69, 9.17) is 5.73 Å². The van der Waals surface area contributed by atoms with Crippen LogP contribution in [0, 0.1) is 0 Å². The second kappa shape index (κ2) is 6.80. The maximum absolute atomic E-state index is 11.4. The van der Waals surface area contributed by atoms with E-state index in [9.17, 15) is 4.79 Å². The molecule has 0 saturated carbocycles. The first-order valence-corrected chi connectivity index (χ1v) is 5.51. The van der Waals surface area contributed by atoms with Crippen LogP contribution in [0.2, 0.25) is 0 Å². The van der Waals surface area contributed by atoms with Crippen molar-refractivity contribution in [2.75, 3.05) is 27.2 Å². The monoisotopic (exact) mass is 215 g/mol. The lowest BCUT2D eigenvalue weighted by Crippen LogP contribution is -2.39. The number of hydrogen-bond donors (Lipinski definition) is 2. The molecule has 0 aliphatic heterocycles. The Balaban J connectivity index is 3.40. The van der Waals surface area contributed by atoms with E-state index in [0.717, 1.165) is 25.9 Å². The molecular weight excluding hydrogens is 190 g/mol. The predicted octanol–water partition coefficient (Wildman–Crippen LogP) is 0.572. The molecule has 0 spiro atoms. The molecule has 0 saturated heterocycles. The first kappa shape index (κ1) is 14.4. The predicted molar refractivity (Wildman–Crippen MR) is 63.7 cm³/mol. The molecule has 90 valence electrons. The van der Waals surface area contributed by atoms with Gasteiger partial charge < -0.3 is 16.0 Å². The van der Waals surface area contributed by atoms with Gasteiger partial charge in [0.25, 0.3) is 0 Å². The first-order valence-electron chi connectivity index (χ1n) is 5.51. The normalized spacial score (nSPS) is 11.9. The minimum Gasteiger partial charge on any atom is -0.356 e. The van der Waals surface area contributed by atoms with E-state index in [2.05, 4.69) is 24.3 Å². The zero-order chi connectivity index (χ0) is 11.9. The number of carbonyl (C=O) groups excluding carboxylic acids is 1. The summed E-state index contributed by atoms with van der Waals surface area (Å²) in [5.74, 6) is 0.0485. The highest BCUT2D eigenvalue weighted by atomic mass is 16.1. The van der Waals surface area contributed by atoms with Crippen LogP contribution in [0.4, 0.5) is 0 Å². The molecular formula is C11H25N3O. The van der Waals surface area contributed by atoms with Gasteiger partial charge in [0.05, 0.1) is 0 Å². The van der Waals surface area contributed by atoms with Crippen molar-refractivity contribution >= 4 is 5.91 Å². The Morgan fingerprint density at radius 2 is 1.93 bits per heavy atom. The Morgan fingerprint density at radius 3 is 2.40 bits per heavy atom. The lowest BCUT2D eigenvalue weighted by atomic mass is 10.0. The number of nitrogens with two attached hydrogens (primary N) is 1. The van der Waals surface area contributed by atoms with E-state index in [1.54, 1.807) is 0 Å². The van der Waals surface area contributed by atoms with Crippen LogP contribution in [-0.4, -0.2) is 43.5 Å². The third kappa shape index (κ3) is 11.3. The molecule has 0 radical (unpaired) electrons. The molecule has 0 bridgehead atoms. The van der Waals surface area contributed by atoms with Crippen molar-refractivity contribution in [1.82, 2.24) is 10.2 Å². The summed E-state index contributed by atoms with van der Waals surface area (Å²) in [6.45, 7) is 5.54. The summed E-state index contributed by atoms with van der Waals surface area (Å²) < 4.78 is 0. The van der Waals surface area contributed by atoms with Crippen LogP contribution in [0.3, 0.4) is 0 Å². The molecule has 0 aromatic rings. The lowest BCUT2D eigenvalue weighted by molar-refractivity contribution is -0.122. The second-order valence-corrected chi connectivity index (χ2v) is 5.03. The molecule has 4 nitrogen and oxygen atoms in total. The molecule has 0 aliphatic carbocycles. The fourth-order valence-electron chi connectivity index (χ4n) is 1.26. The molecule has 0 aliphatic rings. The largest absolute Gasteiger partial charge is 0.356 e. The molecule has 0 heterocycles. The van der Waals surface area contributed by atoms with Gasteiger partial charge in [0.15, 0.2) is 0 Å². The molecule has 0 aromatic carbocycles. The minimum atomic E-state index is -0.409. The first-order chi connectivity index (χ1) is 6.81. The standard InChI is InChI=1S/C11H25N3O/c1-11(2,12)9-10(15)13-7-5-6-8-14(3)4/h5-9,12H2,1-4H3,(H,13,15). The molecule has 0 atom stereocenters. The number of unbranched alkanes of at least 4 members (excludes halogenated alkanes) is 1. The Hall–Kier alpha value is -0.610. The Kier molecular flexibility index (Phi) is 6.52. The molecule has 0 aromatic heterocycles. The van der Waals surface area contributed by atoms with Crippen molar-refractivity contribution < 1.29 is 4.79 Å². The molecule has 4 heteroatoms. The fraction of sp³-hybridized carbons (Fsp3) is 0.909. The molecule has 0 rings (SSSR count). The van der Waals surface area contributed by atoms with Gasteiger partial charge in [-0.1, -0.05) is 0 Å². The Morgan fingerprint density at radius 1 is 1.33 bits per heavy atom. The van der Waals surface area contributed by atoms with Crippen LogP contribution >= 0.6 is 0 Å². The maximum atomic E-state index is 11.4. The van der Waals surface area contributed by atoms with Crippen molar-refractivity contribution in [2.24, 2.45) is 5.73 Å². The van der Waals surface area contributed by atoms with Gasteiger partial charge in [-0.05, 0) is 47.3 Å². The van der Waals surface area contributed by atoms with E-state index >= 15 is 0 Å².